The monoisotopic (exact) mass is 1380 g/mol. The van der Waals surface area contributed by atoms with Crippen molar-refractivity contribution in [3.63, 3.8) is 0 Å². The van der Waals surface area contributed by atoms with Crippen LogP contribution in [0.3, 0.4) is 0 Å². The summed E-state index contributed by atoms with van der Waals surface area (Å²) in [6.45, 7) is 0. The van der Waals surface area contributed by atoms with Gasteiger partial charge in [-0.1, -0.05) is 307 Å². The van der Waals surface area contributed by atoms with Crippen LogP contribution in [0.15, 0.2) is 417 Å². The topological polar surface area (TPSA) is 9.72 Å². The van der Waals surface area contributed by atoms with E-state index in [1.165, 1.54) is 106 Å². The van der Waals surface area contributed by atoms with E-state index in [0.717, 1.165) is 56.4 Å². The fourth-order valence-electron chi connectivity index (χ4n) is 16.9. The fourth-order valence-corrected chi connectivity index (χ4v) is 17.2. The number of anilines is 9. The summed E-state index contributed by atoms with van der Waals surface area (Å²) in [5.74, 6) is 0. The second kappa shape index (κ2) is 26.8. The van der Waals surface area contributed by atoms with Crippen LogP contribution in [-0.4, -0.2) is 0 Å². The van der Waals surface area contributed by atoms with E-state index in [0.29, 0.717) is 0 Å². The van der Waals surface area contributed by atoms with Gasteiger partial charge in [0.2, 0.25) is 0 Å². The van der Waals surface area contributed by atoms with Crippen LogP contribution < -0.4 is 14.7 Å². The number of hydrogen-bond acceptors (Lipinski definition) is 3. The Morgan fingerprint density at radius 3 is 0.709 bits per heavy atom. The quantitative estimate of drug-likeness (QED) is 0.128. The minimum Gasteiger partial charge on any atom is -0.311 e. The molecule has 0 unspecified atom stereocenters. The summed E-state index contributed by atoms with van der Waals surface area (Å²) in [6.07, 6.45) is 0.956. The van der Waals surface area contributed by atoms with Gasteiger partial charge in [0.05, 0.1) is 10.8 Å². The Morgan fingerprint density at radius 2 is 0.388 bits per heavy atom. The van der Waals surface area contributed by atoms with Gasteiger partial charge in [0.25, 0.3) is 0 Å². The van der Waals surface area contributed by atoms with Crippen molar-refractivity contribution < 1.29 is 0 Å². The van der Waals surface area contributed by atoms with Crippen LogP contribution in [0.4, 0.5) is 51.2 Å². The third kappa shape index (κ3) is 10.8. The molecule has 4 aliphatic carbocycles. The zero-order chi connectivity index (χ0) is 68.7. The van der Waals surface area contributed by atoms with Crippen LogP contribution in [0.5, 0.6) is 0 Å². The Bertz CT molecular complexity index is 5520. The largest absolute Gasteiger partial charge is 0.311 e. The zero-order valence-corrected chi connectivity index (χ0v) is 58.3. The first-order chi connectivity index (χ1) is 51.0. The number of benzene rings is 16. The van der Waals surface area contributed by atoms with Crippen molar-refractivity contribution in [1.82, 2.24) is 0 Å². The van der Waals surface area contributed by atoms with E-state index in [9.17, 15) is 0 Å². The average Bonchev–Trinajstić information content (AvgIpc) is 1.52. The molecule has 16 aromatic carbocycles. The van der Waals surface area contributed by atoms with Gasteiger partial charge >= 0.3 is 0 Å². The van der Waals surface area contributed by atoms with Crippen LogP contribution in [0, 0.1) is 0 Å². The van der Waals surface area contributed by atoms with Crippen LogP contribution >= 0.6 is 15.9 Å². The summed E-state index contributed by atoms with van der Waals surface area (Å²) < 4.78 is 1.13. The molecule has 0 aliphatic heterocycles. The molecule has 0 aromatic heterocycles. The molecule has 103 heavy (non-hydrogen) atoms. The molecule has 0 bridgehead atoms. The molecule has 20 rings (SSSR count). The molecule has 3 nitrogen and oxygen atoms in total. The molecule has 0 atom stereocenters. The Morgan fingerprint density at radius 1 is 0.175 bits per heavy atom. The van der Waals surface area contributed by atoms with Crippen molar-refractivity contribution in [3.05, 3.63) is 473 Å². The zero-order valence-electron chi connectivity index (χ0n) is 56.7. The van der Waals surface area contributed by atoms with Crippen molar-refractivity contribution in [2.75, 3.05) is 14.7 Å². The van der Waals surface area contributed by atoms with Crippen molar-refractivity contribution in [3.8, 4) is 44.5 Å². The van der Waals surface area contributed by atoms with Gasteiger partial charge in [-0.15, -0.1) is 0 Å². The lowest BCUT2D eigenvalue weighted by Gasteiger charge is -2.32. The van der Waals surface area contributed by atoms with E-state index in [4.69, 9.17) is 0 Å². The smallest absolute Gasteiger partial charge is 0.0726 e. The average molecular weight is 1380 g/mol. The first-order valence-electron chi connectivity index (χ1n) is 35.5. The Balaban J connectivity index is 0.000000122. The summed E-state index contributed by atoms with van der Waals surface area (Å²) in [5, 5.41) is 0. The molecule has 488 valence electrons. The highest BCUT2D eigenvalue weighted by Crippen LogP contribution is 2.65. The molecule has 4 aliphatic rings. The molecule has 0 fully saturated rings. The molecule has 16 aromatic rings. The van der Waals surface area contributed by atoms with Gasteiger partial charge in [-0.05, 0) is 228 Å². The van der Waals surface area contributed by atoms with Gasteiger partial charge in [-0.2, -0.15) is 0 Å². The SMILES string of the molecule is Brc1ccc2c(c1)C1(c3ccccc3-c3ccccc31)c1ccccc1-2.c1ccc(Cc2ccc(N(c3ccccc3)c3ccccc3)cc2)cc1.c1ccc(N(c2ccccc2)c2ccc(N(c3ccccc3)c3ccc4c(c3)C3(c5ccccc5-c5ccccc53)c3ccccc3-4)cc2)cc1. The highest BCUT2D eigenvalue weighted by atomic mass is 79.9. The lowest BCUT2D eigenvalue weighted by Crippen LogP contribution is -2.26. The predicted octanol–water partition coefficient (Wildman–Crippen LogP) is 26.5. The van der Waals surface area contributed by atoms with E-state index >= 15 is 0 Å². The van der Waals surface area contributed by atoms with Gasteiger partial charge < -0.3 is 14.7 Å². The highest BCUT2D eigenvalue weighted by Gasteiger charge is 2.53. The van der Waals surface area contributed by atoms with Crippen molar-refractivity contribution in [2.45, 2.75) is 17.3 Å². The maximum absolute atomic E-state index is 3.72. The van der Waals surface area contributed by atoms with E-state index in [2.05, 4.69) is 443 Å². The van der Waals surface area contributed by atoms with Gasteiger partial charge in [0.15, 0.2) is 0 Å². The molecule has 0 saturated carbocycles. The number of rotatable bonds is 11. The van der Waals surface area contributed by atoms with E-state index in [1.807, 2.05) is 0 Å². The second-order valence-corrected chi connectivity index (χ2v) is 27.6. The summed E-state index contributed by atoms with van der Waals surface area (Å²) >= 11 is 3.72. The predicted molar refractivity (Wildman–Crippen MR) is 433 cm³/mol. The minimum absolute atomic E-state index is 0.219. The van der Waals surface area contributed by atoms with Crippen LogP contribution in [0.25, 0.3) is 44.5 Å². The number of nitrogens with zero attached hydrogens (tertiary/aromatic N) is 3. The maximum atomic E-state index is 3.72. The first-order valence-corrected chi connectivity index (χ1v) is 36.2. The standard InChI is InChI=1S/C49H34N2.C25H15Br.C25H21N/c1-4-16-35(17-5-1)50(36-18-6-2-7-19-36)38-28-30-39(31-29-38)51(37-20-8-3-9-21-37)40-32-33-44-43-24-12-15-27-47(43)49(48(44)34-40)45-25-13-10-22-41(45)42-23-11-14-26-46(42)49;26-16-13-14-20-19-9-3-6-12-23(19)25(24(20)15-16)21-10-4-1-7-17(21)18-8-2-5-11-22(18)25;1-4-10-21(11-5-1)20-22-16-18-25(19-17-22)26(23-12-6-2-7-13-23)24-14-8-3-9-15-24/h1-34H;1-15H;1-19H,20H2. The first kappa shape index (κ1) is 62.6. The van der Waals surface area contributed by atoms with E-state index < -0.39 is 5.41 Å². The lowest BCUT2D eigenvalue weighted by molar-refractivity contribution is 0.793. The third-order valence-corrected chi connectivity index (χ3v) is 21.6. The van der Waals surface area contributed by atoms with Crippen LogP contribution in [-0.2, 0) is 17.3 Å². The molecule has 0 heterocycles. The van der Waals surface area contributed by atoms with Crippen LogP contribution in [0.2, 0.25) is 0 Å². The molecular weight excluding hydrogens is 1310 g/mol. The normalized spacial score (nSPS) is 12.7. The van der Waals surface area contributed by atoms with E-state index in [1.54, 1.807) is 0 Å². The van der Waals surface area contributed by atoms with Crippen molar-refractivity contribution in [2.24, 2.45) is 0 Å². The third-order valence-electron chi connectivity index (χ3n) is 21.1. The Kier molecular flexibility index (Phi) is 16.3. The summed E-state index contributed by atoms with van der Waals surface area (Å²) in [6, 6.07) is 149. The van der Waals surface area contributed by atoms with Gasteiger partial charge in [-0.3, -0.25) is 0 Å². The molecule has 2 spiro atoms. The van der Waals surface area contributed by atoms with Crippen molar-refractivity contribution >= 4 is 67.1 Å². The fraction of sp³-hybridized carbons (Fsp3) is 0.0303. The summed E-state index contributed by atoms with van der Waals surface area (Å²) in [5.41, 5.74) is 33.8. The number of halogens is 1. The number of fused-ring (bicyclic) bond motifs is 20. The second-order valence-electron chi connectivity index (χ2n) is 26.7. The minimum atomic E-state index is -0.396. The number of para-hydroxylation sites is 5. The highest BCUT2D eigenvalue weighted by molar-refractivity contribution is 9.10. The van der Waals surface area contributed by atoms with Crippen LogP contribution in [0.1, 0.15) is 55.6 Å². The summed E-state index contributed by atoms with van der Waals surface area (Å²) in [7, 11) is 0. The molecule has 0 radical (unpaired) electrons. The van der Waals surface area contributed by atoms with Gasteiger partial charge in [0.1, 0.15) is 0 Å². The molecule has 0 saturated heterocycles. The molecular formula is C99H70BrN3. The molecule has 0 N–H and O–H groups in total. The Labute approximate surface area is 612 Å². The number of hydrogen-bond donors (Lipinski definition) is 0. The van der Waals surface area contributed by atoms with Crippen molar-refractivity contribution in [1.29, 1.82) is 0 Å². The maximum Gasteiger partial charge on any atom is 0.0726 e. The van der Waals surface area contributed by atoms with Gasteiger partial charge in [-0.25, -0.2) is 0 Å². The van der Waals surface area contributed by atoms with Gasteiger partial charge in [0, 0.05) is 55.7 Å². The Hall–Kier alpha value is -12.6. The summed E-state index contributed by atoms with van der Waals surface area (Å²) in [4.78, 5) is 6.98. The van der Waals surface area contributed by atoms with E-state index in [-0.39, 0.29) is 5.41 Å². The molecule has 4 heteroatoms. The lowest BCUT2D eigenvalue weighted by atomic mass is 9.70. The molecule has 0 amide bonds.